The quantitative estimate of drug-likeness (QED) is 0.823. The lowest BCUT2D eigenvalue weighted by Crippen LogP contribution is -2.30. The first-order valence-electron chi connectivity index (χ1n) is 5.09. The summed E-state index contributed by atoms with van der Waals surface area (Å²) in [6.07, 6.45) is 0. The number of anilines is 1. The molecule has 0 heterocycles. The molecule has 0 aromatic heterocycles. The van der Waals surface area contributed by atoms with E-state index < -0.39 is 5.97 Å². The van der Waals surface area contributed by atoms with Gasteiger partial charge in [0.25, 0.3) is 0 Å². The van der Waals surface area contributed by atoms with Crippen LogP contribution in [0.5, 0.6) is 0 Å². The van der Waals surface area contributed by atoms with Crippen LogP contribution in [0.4, 0.5) is 5.69 Å². The van der Waals surface area contributed by atoms with Crippen molar-refractivity contribution < 1.29 is 9.90 Å². The summed E-state index contributed by atoms with van der Waals surface area (Å²) in [4.78, 5) is 12.6. The van der Waals surface area contributed by atoms with E-state index in [9.17, 15) is 4.79 Å². The molecule has 3 heteroatoms. The molecule has 1 rings (SSSR count). The van der Waals surface area contributed by atoms with Crippen LogP contribution in [0.1, 0.15) is 18.1 Å². The predicted octanol–water partition coefficient (Wildman–Crippen LogP) is 2.21. The number of likely N-dealkylation sites (N-methyl/N-ethyl adjacent to an activating group) is 1. The second-order valence-electron chi connectivity index (χ2n) is 3.63. The minimum absolute atomic E-state index is 0.0563. The highest BCUT2D eigenvalue weighted by atomic mass is 16.4. The minimum Gasteiger partial charge on any atom is -0.480 e. The zero-order chi connectivity index (χ0) is 11.4. The molecule has 0 unspecified atom stereocenters. The molecule has 0 bridgehead atoms. The highest BCUT2D eigenvalue weighted by molar-refractivity contribution is 5.74. The second-order valence-corrected chi connectivity index (χ2v) is 3.63. The second kappa shape index (κ2) is 4.82. The van der Waals surface area contributed by atoms with Gasteiger partial charge in [-0.3, -0.25) is 4.79 Å². The maximum Gasteiger partial charge on any atom is 0.323 e. The maximum absolute atomic E-state index is 10.7. The van der Waals surface area contributed by atoms with Crippen molar-refractivity contribution in [2.45, 2.75) is 20.8 Å². The van der Waals surface area contributed by atoms with E-state index in [1.165, 1.54) is 5.56 Å². The molecule has 0 saturated heterocycles. The topological polar surface area (TPSA) is 40.5 Å². The minimum atomic E-state index is -0.794. The van der Waals surface area contributed by atoms with Gasteiger partial charge in [-0.25, -0.2) is 0 Å². The van der Waals surface area contributed by atoms with Crippen LogP contribution in [0.2, 0.25) is 0 Å². The summed E-state index contributed by atoms with van der Waals surface area (Å²) in [5.74, 6) is -0.794. The zero-order valence-corrected chi connectivity index (χ0v) is 9.45. The molecule has 0 saturated carbocycles. The smallest absolute Gasteiger partial charge is 0.323 e. The lowest BCUT2D eigenvalue weighted by molar-refractivity contribution is -0.135. The third-order valence-corrected chi connectivity index (χ3v) is 2.62. The van der Waals surface area contributed by atoms with Crippen LogP contribution in [0, 0.1) is 13.8 Å². The SMILES string of the molecule is CCN(CC(=O)O)c1cccc(C)c1C. The van der Waals surface area contributed by atoms with Gasteiger partial charge in [0, 0.05) is 12.2 Å². The van der Waals surface area contributed by atoms with Crippen LogP contribution >= 0.6 is 0 Å². The molecule has 1 aromatic rings. The number of aryl methyl sites for hydroxylation is 1. The van der Waals surface area contributed by atoms with Gasteiger partial charge < -0.3 is 10.0 Å². The summed E-state index contributed by atoms with van der Waals surface area (Å²) in [6, 6.07) is 5.96. The maximum atomic E-state index is 10.7. The van der Waals surface area contributed by atoms with Crippen molar-refractivity contribution in [3.05, 3.63) is 29.3 Å². The van der Waals surface area contributed by atoms with Gasteiger partial charge >= 0.3 is 5.97 Å². The van der Waals surface area contributed by atoms with Crippen LogP contribution in [-0.2, 0) is 4.79 Å². The Bertz CT molecular complexity index is 361. The molecule has 0 aliphatic carbocycles. The van der Waals surface area contributed by atoms with Gasteiger partial charge in [-0.15, -0.1) is 0 Å². The van der Waals surface area contributed by atoms with E-state index >= 15 is 0 Å². The van der Waals surface area contributed by atoms with Gasteiger partial charge in [0.2, 0.25) is 0 Å². The van der Waals surface area contributed by atoms with Crippen molar-refractivity contribution in [2.24, 2.45) is 0 Å². The Morgan fingerprint density at radius 2 is 2.07 bits per heavy atom. The third-order valence-electron chi connectivity index (χ3n) is 2.62. The number of carboxylic acids is 1. The lowest BCUT2D eigenvalue weighted by Gasteiger charge is -2.23. The Kier molecular flexibility index (Phi) is 3.72. The fourth-order valence-corrected chi connectivity index (χ4v) is 1.61. The predicted molar refractivity (Wildman–Crippen MR) is 61.4 cm³/mol. The number of rotatable bonds is 4. The Morgan fingerprint density at radius 3 is 2.60 bits per heavy atom. The average Bonchev–Trinajstić information content (AvgIpc) is 2.19. The molecule has 1 aromatic carbocycles. The molecule has 3 nitrogen and oxygen atoms in total. The molecule has 0 aliphatic heterocycles. The Morgan fingerprint density at radius 1 is 1.40 bits per heavy atom. The van der Waals surface area contributed by atoms with Crippen molar-refractivity contribution in [2.75, 3.05) is 18.0 Å². The van der Waals surface area contributed by atoms with Crippen LogP contribution in [0.25, 0.3) is 0 Å². The van der Waals surface area contributed by atoms with E-state index in [0.29, 0.717) is 6.54 Å². The molecule has 0 radical (unpaired) electrons. The van der Waals surface area contributed by atoms with Crippen molar-refractivity contribution in [1.82, 2.24) is 0 Å². The Labute approximate surface area is 90.3 Å². The molecule has 0 atom stereocenters. The normalized spacial score (nSPS) is 10.1. The third kappa shape index (κ3) is 2.72. The highest BCUT2D eigenvalue weighted by Gasteiger charge is 2.11. The summed E-state index contributed by atoms with van der Waals surface area (Å²) < 4.78 is 0. The van der Waals surface area contributed by atoms with Gasteiger partial charge in [0.1, 0.15) is 6.54 Å². The highest BCUT2D eigenvalue weighted by Crippen LogP contribution is 2.22. The number of aliphatic carboxylic acids is 1. The molecule has 0 amide bonds. The fraction of sp³-hybridized carbons (Fsp3) is 0.417. The van der Waals surface area contributed by atoms with Crippen LogP contribution in [0.3, 0.4) is 0 Å². The van der Waals surface area contributed by atoms with Gasteiger partial charge in [-0.1, -0.05) is 12.1 Å². The Balaban J connectivity index is 3.01. The summed E-state index contributed by atoms with van der Waals surface area (Å²) in [5.41, 5.74) is 3.36. The number of benzene rings is 1. The first-order chi connectivity index (χ1) is 7.06. The van der Waals surface area contributed by atoms with E-state index in [2.05, 4.69) is 0 Å². The summed E-state index contributed by atoms with van der Waals surface area (Å²) in [5, 5.41) is 8.79. The number of hydrogen-bond donors (Lipinski definition) is 1. The summed E-state index contributed by atoms with van der Waals surface area (Å²) in [7, 11) is 0. The van der Waals surface area contributed by atoms with Crippen LogP contribution in [-0.4, -0.2) is 24.2 Å². The van der Waals surface area contributed by atoms with E-state index in [1.54, 1.807) is 0 Å². The lowest BCUT2D eigenvalue weighted by atomic mass is 10.1. The molecule has 1 N–H and O–H groups in total. The standard InChI is InChI=1S/C12H17NO2/c1-4-13(8-12(14)15)11-7-5-6-9(2)10(11)3/h5-7H,4,8H2,1-3H3,(H,14,15). The van der Waals surface area contributed by atoms with Gasteiger partial charge in [-0.2, -0.15) is 0 Å². The molecule has 0 fully saturated rings. The monoisotopic (exact) mass is 207 g/mol. The summed E-state index contributed by atoms with van der Waals surface area (Å²) >= 11 is 0. The number of hydrogen-bond acceptors (Lipinski definition) is 2. The van der Waals surface area contributed by atoms with Gasteiger partial charge in [-0.05, 0) is 38.0 Å². The molecule has 82 valence electrons. The average molecular weight is 207 g/mol. The Hall–Kier alpha value is -1.51. The van der Waals surface area contributed by atoms with Crippen LogP contribution < -0.4 is 4.90 Å². The van der Waals surface area contributed by atoms with Crippen molar-refractivity contribution in [1.29, 1.82) is 0 Å². The number of nitrogens with zero attached hydrogens (tertiary/aromatic N) is 1. The van der Waals surface area contributed by atoms with Gasteiger partial charge in [0.05, 0.1) is 0 Å². The van der Waals surface area contributed by atoms with E-state index in [4.69, 9.17) is 5.11 Å². The van der Waals surface area contributed by atoms with E-state index in [1.807, 2.05) is 43.9 Å². The zero-order valence-electron chi connectivity index (χ0n) is 9.45. The van der Waals surface area contributed by atoms with Crippen molar-refractivity contribution >= 4 is 11.7 Å². The van der Waals surface area contributed by atoms with Crippen molar-refractivity contribution in [3.8, 4) is 0 Å². The number of carboxylic acid groups (broad SMARTS) is 1. The molecule has 0 spiro atoms. The molecule has 15 heavy (non-hydrogen) atoms. The fourth-order valence-electron chi connectivity index (χ4n) is 1.61. The molecular weight excluding hydrogens is 190 g/mol. The largest absolute Gasteiger partial charge is 0.480 e. The first kappa shape index (κ1) is 11.6. The van der Waals surface area contributed by atoms with E-state index in [-0.39, 0.29) is 6.54 Å². The van der Waals surface area contributed by atoms with Crippen molar-refractivity contribution in [3.63, 3.8) is 0 Å². The molecule has 0 aliphatic rings. The van der Waals surface area contributed by atoms with Gasteiger partial charge in [0.15, 0.2) is 0 Å². The number of carbonyl (C=O) groups is 1. The summed E-state index contributed by atoms with van der Waals surface area (Å²) in [6.45, 7) is 6.78. The van der Waals surface area contributed by atoms with Crippen LogP contribution in [0.15, 0.2) is 18.2 Å². The van der Waals surface area contributed by atoms with E-state index in [0.717, 1.165) is 11.3 Å². The molecular formula is C12H17NO2. The first-order valence-corrected chi connectivity index (χ1v) is 5.09.